The number of benzene rings is 2. The number of para-hydroxylation sites is 1. The zero-order valence-electron chi connectivity index (χ0n) is 15.6. The van der Waals surface area contributed by atoms with Crippen molar-refractivity contribution in [2.24, 2.45) is 0 Å². The highest BCUT2D eigenvalue weighted by molar-refractivity contribution is 5.79. The smallest absolute Gasteiger partial charge is 0.260 e. The van der Waals surface area contributed by atoms with Crippen LogP contribution < -0.4 is 9.47 Å². The van der Waals surface area contributed by atoms with Gasteiger partial charge < -0.3 is 24.4 Å². The van der Waals surface area contributed by atoms with E-state index in [9.17, 15) is 14.7 Å². The summed E-state index contributed by atoms with van der Waals surface area (Å²) >= 11 is 0. The second kappa shape index (κ2) is 9.64. The van der Waals surface area contributed by atoms with Crippen LogP contribution in [0.5, 0.6) is 17.2 Å². The molecule has 1 heterocycles. The molecule has 28 heavy (non-hydrogen) atoms. The average Bonchev–Trinajstić information content (AvgIpc) is 2.74. The highest BCUT2D eigenvalue weighted by Crippen LogP contribution is 2.16. The minimum Gasteiger partial charge on any atom is -0.508 e. The zero-order chi connectivity index (χ0) is 19.8. The van der Waals surface area contributed by atoms with Crippen LogP contribution in [0.2, 0.25) is 0 Å². The Morgan fingerprint density at radius 1 is 0.786 bits per heavy atom. The number of hydrogen-bond acceptors (Lipinski definition) is 5. The summed E-state index contributed by atoms with van der Waals surface area (Å²) in [6, 6.07) is 15.6. The van der Waals surface area contributed by atoms with Gasteiger partial charge in [-0.2, -0.15) is 0 Å². The normalized spacial score (nSPS) is 13.9. The molecule has 0 aromatic heterocycles. The van der Waals surface area contributed by atoms with Gasteiger partial charge in [0.1, 0.15) is 17.2 Å². The van der Waals surface area contributed by atoms with Crippen LogP contribution in [-0.2, 0) is 9.59 Å². The standard InChI is InChI=1S/C21H24N2O5/c24-17-6-8-19(9-7-17)27-15-10-20(25)22-11-13-23(14-12-22)21(26)16-28-18-4-2-1-3-5-18/h1-9,24H,10-16H2. The lowest BCUT2D eigenvalue weighted by atomic mass is 10.2. The van der Waals surface area contributed by atoms with Crippen molar-refractivity contribution in [3.05, 3.63) is 54.6 Å². The van der Waals surface area contributed by atoms with E-state index in [-0.39, 0.29) is 37.2 Å². The van der Waals surface area contributed by atoms with Gasteiger partial charge in [0.2, 0.25) is 5.91 Å². The molecule has 2 aromatic carbocycles. The first-order valence-electron chi connectivity index (χ1n) is 9.27. The lowest BCUT2D eigenvalue weighted by Gasteiger charge is -2.34. The summed E-state index contributed by atoms with van der Waals surface area (Å²) in [5.74, 6) is 1.38. The molecule has 3 rings (SSSR count). The van der Waals surface area contributed by atoms with Crippen LogP contribution in [0.3, 0.4) is 0 Å². The number of phenols is 1. The Labute approximate surface area is 164 Å². The van der Waals surface area contributed by atoms with Crippen molar-refractivity contribution in [2.45, 2.75) is 6.42 Å². The van der Waals surface area contributed by atoms with E-state index < -0.39 is 0 Å². The number of carbonyl (C=O) groups excluding carboxylic acids is 2. The molecule has 0 unspecified atom stereocenters. The molecule has 1 aliphatic heterocycles. The quantitative estimate of drug-likeness (QED) is 0.789. The topological polar surface area (TPSA) is 79.3 Å². The van der Waals surface area contributed by atoms with E-state index in [0.29, 0.717) is 37.7 Å². The van der Waals surface area contributed by atoms with Crippen LogP contribution in [0.25, 0.3) is 0 Å². The van der Waals surface area contributed by atoms with Crippen LogP contribution in [0, 0.1) is 0 Å². The lowest BCUT2D eigenvalue weighted by Crippen LogP contribution is -2.51. The van der Waals surface area contributed by atoms with Gasteiger partial charge in [0, 0.05) is 26.2 Å². The first kappa shape index (κ1) is 19.5. The van der Waals surface area contributed by atoms with Crippen LogP contribution in [0.15, 0.2) is 54.6 Å². The predicted octanol–water partition coefficient (Wildman–Crippen LogP) is 1.91. The third-order valence-electron chi connectivity index (χ3n) is 4.51. The summed E-state index contributed by atoms with van der Waals surface area (Å²) in [5.41, 5.74) is 0. The lowest BCUT2D eigenvalue weighted by molar-refractivity contribution is -0.141. The maximum absolute atomic E-state index is 12.3. The number of rotatable bonds is 7. The number of hydrogen-bond donors (Lipinski definition) is 1. The Bertz CT molecular complexity index is 771. The minimum atomic E-state index is -0.0772. The van der Waals surface area contributed by atoms with Gasteiger partial charge in [-0.05, 0) is 36.4 Å². The van der Waals surface area contributed by atoms with Crippen molar-refractivity contribution in [3.8, 4) is 17.2 Å². The van der Waals surface area contributed by atoms with Gasteiger partial charge >= 0.3 is 0 Å². The first-order chi connectivity index (χ1) is 13.6. The Morgan fingerprint density at radius 2 is 1.36 bits per heavy atom. The van der Waals surface area contributed by atoms with Gasteiger partial charge in [-0.1, -0.05) is 18.2 Å². The Balaban J connectivity index is 1.35. The van der Waals surface area contributed by atoms with E-state index in [4.69, 9.17) is 9.47 Å². The third-order valence-corrected chi connectivity index (χ3v) is 4.51. The number of nitrogens with zero attached hydrogens (tertiary/aromatic N) is 2. The Morgan fingerprint density at radius 3 is 2.00 bits per heavy atom. The van der Waals surface area contributed by atoms with Gasteiger partial charge in [0.25, 0.3) is 5.91 Å². The molecule has 2 aromatic rings. The summed E-state index contributed by atoms with van der Waals surface area (Å²) < 4.78 is 11.0. The van der Waals surface area contributed by atoms with Crippen molar-refractivity contribution in [1.29, 1.82) is 0 Å². The fourth-order valence-electron chi connectivity index (χ4n) is 2.91. The highest BCUT2D eigenvalue weighted by atomic mass is 16.5. The summed E-state index contributed by atoms with van der Waals surface area (Å²) in [7, 11) is 0. The number of aromatic hydroxyl groups is 1. The van der Waals surface area contributed by atoms with Crippen molar-refractivity contribution in [1.82, 2.24) is 9.80 Å². The molecule has 0 radical (unpaired) electrons. The molecular weight excluding hydrogens is 360 g/mol. The number of piperazine rings is 1. The number of carbonyl (C=O) groups is 2. The van der Waals surface area contributed by atoms with Gasteiger partial charge in [-0.25, -0.2) is 0 Å². The molecular formula is C21H24N2O5. The monoisotopic (exact) mass is 384 g/mol. The molecule has 1 saturated heterocycles. The fraction of sp³-hybridized carbons (Fsp3) is 0.333. The maximum atomic E-state index is 12.3. The summed E-state index contributed by atoms with van der Waals surface area (Å²) in [4.78, 5) is 28.0. The summed E-state index contributed by atoms with van der Waals surface area (Å²) in [6.45, 7) is 2.29. The Hall–Kier alpha value is -3.22. The van der Waals surface area contributed by atoms with Gasteiger partial charge in [0.15, 0.2) is 6.61 Å². The first-order valence-corrected chi connectivity index (χ1v) is 9.27. The van der Waals surface area contributed by atoms with Gasteiger partial charge in [-0.15, -0.1) is 0 Å². The molecule has 1 fully saturated rings. The minimum absolute atomic E-state index is 0.00156. The van der Waals surface area contributed by atoms with E-state index in [1.807, 2.05) is 30.3 Å². The maximum Gasteiger partial charge on any atom is 0.260 e. The molecule has 0 saturated carbocycles. The van der Waals surface area contributed by atoms with Gasteiger partial charge in [0.05, 0.1) is 13.0 Å². The third kappa shape index (κ3) is 5.64. The number of amides is 2. The molecule has 1 aliphatic rings. The van der Waals surface area contributed by atoms with Crippen LogP contribution in [-0.4, -0.2) is 66.1 Å². The molecule has 1 N–H and O–H groups in total. The number of phenolic OH excluding ortho intramolecular Hbond substituents is 1. The molecule has 0 aliphatic carbocycles. The molecule has 2 amide bonds. The average molecular weight is 384 g/mol. The Kier molecular flexibility index (Phi) is 6.73. The molecule has 0 bridgehead atoms. The van der Waals surface area contributed by atoms with Crippen LogP contribution in [0.1, 0.15) is 6.42 Å². The second-order valence-corrected chi connectivity index (χ2v) is 6.46. The summed E-state index contributed by atoms with van der Waals surface area (Å²) in [5, 5.41) is 9.24. The largest absolute Gasteiger partial charge is 0.508 e. The fourth-order valence-corrected chi connectivity index (χ4v) is 2.91. The SMILES string of the molecule is O=C(CCOc1ccc(O)cc1)N1CCN(C(=O)COc2ccccc2)CC1. The summed E-state index contributed by atoms with van der Waals surface area (Å²) in [6.07, 6.45) is 0.270. The predicted molar refractivity (Wildman–Crippen MR) is 103 cm³/mol. The van der Waals surface area contributed by atoms with Crippen molar-refractivity contribution < 1.29 is 24.2 Å². The van der Waals surface area contributed by atoms with Crippen molar-refractivity contribution >= 4 is 11.8 Å². The molecule has 7 heteroatoms. The number of ether oxygens (including phenoxy) is 2. The zero-order valence-corrected chi connectivity index (χ0v) is 15.6. The van der Waals surface area contributed by atoms with Crippen LogP contribution >= 0.6 is 0 Å². The van der Waals surface area contributed by atoms with E-state index in [2.05, 4.69) is 0 Å². The van der Waals surface area contributed by atoms with Crippen LogP contribution in [0.4, 0.5) is 0 Å². The molecule has 0 spiro atoms. The van der Waals surface area contributed by atoms with E-state index in [0.717, 1.165) is 0 Å². The van der Waals surface area contributed by atoms with Crippen molar-refractivity contribution in [3.63, 3.8) is 0 Å². The molecule has 148 valence electrons. The van der Waals surface area contributed by atoms with E-state index >= 15 is 0 Å². The second-order valence-electron chi connectivity index (χ2n) is 6.46. The molecule has 0 atom stereocenters. The molecule has 7 nitrogen and oxygen atoms in total. The van der Waals surface area contributed by atoms with E-state index in [1.165, 1.54) is 12.1 Å². The van der Waals surface area contributed by atoms with Crippen molar-refractivity contribution in [2.75, 3.05) is 39.4 Å². The van der Waals surface area contributed by atoms with Gasteiger partial charge in [-0.3, -0.25) is 9.59 Å². The van der Waals surface area contributed by atoms with E-state index in [1.54, 1.807) is 21.9 Å². The highest BCUT2D eigenvalue weighted by Gasteiger charge is 2.24.